The first kappa shape index (κ1) is 15.7. The fourth-order valence-electron chi connectivity index (χ4n) is 2.57. The van der Waals surface area contributed by atoms with Gasteiger partial charge in [-0.25, -0.2) is 4.98 Å². The molecular formula is C17H20N4OS. The molecule has 0 saturated heterocycles. The Kier molecular flexibility index (Phi) is 4.71. The van der Waals surface area contributed by atoms with Gasteiger partial charge in [0.2, 0.25) is 5.91 Å². The van der Waals surface area contributed by atoms with E-state index in [4.69, 9.17) is 0 Å². The second kappa shape index (κ2) is 6.91. The quantitative estimate of drug-likeness (QED) is 0.757. The molecule has 1 aromatic carbocycles. The van der Waals surface area contributed by atoms with Crippen LogP contribution in [0, 0.1) is 6.92 Å². The van der Waals surface area contributed by atoms with Crippen LogP contribution in [0.5, 0.6) is 0 Å². The van der Waals surface area contributed by atoms with Gasteiger partial charge >= 0.3 is 0 Å². The lowest BCUT2D eigenvalue weighted by atomic mass is 10.1. The van der Waals surface area contributed by atoms with E-state index >= 15 is 0 Å². The molecule has 0 radical (unpaired) electrons. The highest BCUT2D eigenvalue weighted by atomic mass is 32.1. The molecule has 0 saturated carbocycles. The summed E-state index contributed by atoms with van der Waals surface area (Å²) >= 11 is 1.69. The molecule has 0 aliphatic rings. The molecule has 3 aromatic rings. The van der Waals surface area contributed by atoms with Gasteiger partial charge in [0.05, 0.1) is 20.9 Å². The molecule has 0 fully saturated rings. The molecule has 0 unspecified atom stereocenters. The van der Waals surface area contributed by atoms with Crippen LogP contribution in [0.1, 0.15) is 22.7 Å². The Bertz CT molecular complexity index is 788. The maximum atomic E-state index is 11.9. The minimum Gasteiger partial charge on any atom is -0.356 e. The van der Waals surface area contributed by atoms with E-state index < -0.39 is 0 Å². The lowest BCUT2D eigenvalue weighted by molar-refractivity contribution is -0.121. The van der Waals surface area contributed by atoms with Gasteiger partial charge in [0.25, 0.3) is 0 Å². The van der Waals surface area contributed by atoms with Crippen molar-refractivity contribution in [3.05, 3.63) is 46.7 Å². The highest BCUT2D eigenvalue weighted by molar-refractivity contribution is 7.18. The molecule has 0 bridgehead atoms. The zero-order valence-corrected chi connectivity index (χ0v) is 14.2. The maximum absolute atomic E-state index is 11.9. The van der Waals surface area contributed by atoms with E-state index in [9.17, 15) is 4.79 Å². The number of carbonyl (C=O) groups excluding carboxylic acids is 1. The van der Waals surface area contributed by atoms with Crippen LogP contribution in [-0.4, -0.2) is 27.2 Å². The summed E-state index contributed by atoms with van der Waals surface area (Å²) in [5.74, 6) is 0.0781. The number of rotatable bonds is 6. The largest absolute Gasteiger partial charge is 0.356 e. The molecule has 0 aliphatic heterocycles. The molecule has 0 spiro atoms. The van der Waals surface area contributed by atoms with Crippen molar-refractivity contribution in [3.8, 4) is 0 Å². The van der Waals surface area contributed by atoms with E-state index in [0.717, 1.165) is 34.6 Å². The summed E-state index contributed by atoms with van der Waals surface area (Å²) in [5.41, 5.74) is 3.16. The number of hydrogen-bond acceptors (Lipinski definition) is 4. The first-order valence-electron chi connectivity index (χ1n) is 7.72. The van der Waals surface area contributed by atoms with Crippen molar-refractivity contribution in [2.75, 3.05) is 6.54 Å². The molecule has 1 amide bonds. The number of fused-ring (bicyclic) bond motifs is 1. The fraction of sp³-hybridized carbons (Fsp3) is 0.353. The van der Waals surface area contributed by atoms with Gasteiger partial charge in [-0.3, -0.25) is 9.48 Å². The minimum absolute atomic E-state index is 0.0781. The number of nitrogens with zero attached hydrogens (tertiary/aromatic N) is 3. The van der Waals surface area contributed by atoms with Crippen molar-refractivity contribution in [2.24, 2.45) is 7.05 Å². The number of aromatic nitrogens is 3. The Morgan fingerprint density at radius 1 is 1.30 bits per heavy atom. The van der Waals surface area contributed by atoms with E-state index in [0.29, 0.717) is 13.0 Å². The van der Waals surface area contributed by atoms with Crippen molar-refractivity contribution in [2.45, 2.75) is 26.2 Å². The minimum atomic E-state index is 0.0781. The fourth-order valence-corrected chi connectivity index (χ4v) is 3.53. The number of para-hydroxylation sites is 1. The third-order valence-electron chi connectivity index (χ3n) is 3.74. The van der Waals surface area contributed by atoms with Crippen molar-refractivity contribution in [1.82, 2.24) is 20.1 Å². The third-order valence-corrected chi connectivity index (χ3v) is 4.83. The lowest BCUT2D eigenvalue weighted by Gasteiger charge is -2.03. The number of carbonyl (C=O) groups is 1. The zero-order chi connectivity index (χ0) is 16.2. The Labute approximate surface area is 139 Å². The van der Waals surface area contributed by atoms with Crippen molar-refractivity contribution < 1.29 is 4.79 Å². The number of aryl methyl sites for hydroxylation is 3. The molecular weight excluding hydrogens is 308 g/mol. The summed E-state index contributed by atoms with van der Waals surface area (Å²) in [6.45, 7) is 2.60. The highest BCUT2D eigenvalue weighted by Crippen LogP contribution is 2.21. The highest BCUT2D eigenvalue weighted by Gasteiger charge is 2.08. The summed E-state index contributed by atoms with van der Waals surface area (Å²) in [6, 6.07) is 8.11. The standard InChI is InChI=1S/C17H20N4OS/c1-12-13(11-21(2)20-12)7-8-16(22)18-10-9-17-19-14-5-3-4-6-15(14)23-17/h3-6,11H,7-10H2,1-2H3,(H,18,22). The molecule has 0 atom stereocenters. The summed E-state index contributed by atoms with van der Waals surface area (Å²) < 4.78 is 2.98. The molecule has 3 rings (SSSR count). The third kappa shape index (κ3) is 3.96. The van der Waals surface area contributed by atoms with Gasteiger partial charge < -0.3 is 5.32 Å². The second-order valence-corrected chi connectivity index (χ2v) is 6.70. The van der Waals surface area contributed by atoms with Gasteiger partial charge in [-0.1, -0.05) is 12.1 Å². The number of benzene rings is 1. The number of nitrogens with one attached hydrogen (secondary N) is 1. The van der Waals surface area contributed by atoms with Crippen LogP contribution in [0.3, 0.4) is 0 Å². The topological polar surface area (TPSA) is 59.8 Å². The first-order chi connectivity index (χ1) is 11.1. The molecule has 2 heterocycles. The van der Waals surface area contributed by atoms with E-state index in [-0.39, 0.29) is 5.91 Å². The van der Waals surface area contributed by atoms with Gasteiger partial charge in [0, 0.05) is 32.6 Å². The number of hydrogen-bond donors (Lipinski definition) is 1. The van der Waals surface area contributed by atoms with Gasteiger partial charge in [-0.05, 0) is 31.0 Å². The van der Waals surface area contributed by atoms with Crippen LogP contribution in [0.2, 0.25) is 0 Å². The Hall–Kier alpha value is -2.21. The smallest absolute Gasteiger partial charge is 0.220 e. The summed E-state index contributed by atoms with van der Waals surface area (Å²) in [4.78, 5) is 16.5. The average Bonchev–Trinajstić information content (AvgIpc) is 3.07. The summed E-state index contributed by atoms with van der Waals surface area (Å²) in [6.07, 6.45) is 3.97. The summed E-state index contributed by atoms with van der Waals surface area (Å²) in [5, 5.41) is 8.33. The van der Waals surface area contributed by atoms with Crippen molar-refractivity contribution in [1.29, 1.82) is 0 Å². The molecule has 23 heavy (non-hydrogen) atoms. The molecule has 0 aliphatic carbocycles. The van der Waals surface area contributed by atoms with E-state index in [1.54, 1.807) is 16.0 Å². The number of thiazole rings is 1. The molecule has 5 nitrogen and oxygen atoms in total. The first-order valence-corrected chi connectivity index (χ1v) is 8.54. The predicted molar refractivity (Wildman–Crippen MR) is 92.6 cm³/mol. The normalized spacial score (nSPS) is 11.0. The Morgan fingerprint density at radius 2 is 2.13 bits per heavy atom. The Morgan fingerprint density at radius 3 is 2.87 bits per heavy atom. The molecule has 6 heteroatoms. The SMILES string of the molecule is Cc1nn(C)cc1CCC(=O)NCCc1nc2ccccc2s1. The van der Waals surface area contributed by atoms with Crippen molar-refractivity contribution in [3.63, 3.8) is 0 Å². The Balaban J connectivity index is 1.44. The molecule has 1 N–H and O–H groups in total. The number of amides is 1. The monoisotopic (exact) mass is 328 g/mol. The van der Waals surface area contributed by atoms with Gasteiger partial charge in [-0.15, -0.1) is 11.3 Å². The van der Waals surface area contributed by atoms with E-state index in [1.165, 1.54) is 4.70 Å². The van der Waals surface area contributed by atoms with Crippen LogP contribution in [0.4, 0.5) is 0 Å². The maximum Gasteiger partial charge on any atom is 0.220 e. The second-order valence-electron chi connectivity index (χ2n) is 5.59. The van der Waals surface area contributed by atoms with Gasteiger partial charge in [0.15, 0.2) is 0 Å². The van der Waals surface area contributed by atoms with Crippen LogP contribution in [0.15, 0.2) is 30.5 Å². The predicted octanol–water partition coefficient (Wildman–Crippen LogP) is 2.63. The summed E-state index contributed by atoms with van der Waals surface area (Å²) in [7, 11) is 1.90. The van der Waals surface area contributed by atoms with Crippen LogP contribution in [-0.2, 0) is 24.7 Å². The van der Waals surface area contributed by atoms with Crippen LogP contribution < -0.4 is 5.32 Å². The zero-order valence-electron chi connectivity index (χ0n) is 13.4. The lowest BCUT2D eigenvalue weighted by Crippen LogP contribution is -2.25. The molecule has 120 valence electrons. The van der Waals surface area contributed by atoms with Gasteiger partial charge in [-0.2, -0.15) is 5.10 Å². The van der Waals surface area contributed by atoms with Crippen LogP contribution >= 0.6 is 11.3 Å². The van der Waals surface area contributed by atoms with Gasteiger partial charge in [0.1, 0.15) is 0 Å². The van der Waals surface area contributed by atoms with Crippen LogP contribution in [0.25, 0.3) is 10.2 Å². The van der Waals surface area contributed by atoms with E-state index in [2.05, 4.69) is 21.5 Å². The van der Waals surface area contributed by atoms with E-state index in [1.807, 2.05) is 38.4 Å². The van der Waals surface area contributed by atoms with Crippen molar-refractivity contribution >= 4 is 27.5 Å². The average molecular weight is 328 g/mol. The molecule has 2 aromatic heterocycles.